The average molecular weight is 279 g/mol. The van der Waals surface area contributed by atoms with Crippen molar-refractivity contribution in [2.75, 3.05) is 6.54 Å². The highest BCUT2D eigenvalue weighted by atomic mass is 16.3. The van der Waals surface area contributed by atoms with Crippen LogP contribution in [0.3, 0.4) is 0 Å². The van der Waals surface area contributed by atoms with Crippen LogP contribution in [0.25, 0.3) is 0 Å². The molecule has 4 N–H and O–H groups in total. The van der Waals surface area contributed by atoms with Gasteiger partial charge in [-0.25, -0.2) is 4.79 Å². The zero-order valence-electron chi connectivity index (χ0n) is 10.9. The molecule has 0 fully saturated rings. The standard InChI is InChI=1S/C13H17N3O4/c1-3-5-13(20,6-4-2)8-15-10(17)9-7-14-12(19)16-11(9)18/h3-4,7,20H,1-2,5-6,8H2,(H,15,17)(H2,14,16,18,19). The Morgan fingerprint density at radius 1 is 1.35 bits per heavy atom. The summed E-state index contributed by atoms with van der Waals surface area (Å²) in [5.41, 5.74) is -2.92. The highest BCUT2D eigenvalue weighted by Gasteiger charge is 2.25. The smallest absolute Gasteiger partial charge is 0.325 e. The van der Waals surface area contributed by atoms with Crippen LogP contribution in [-0.2, 0) is 0 Å². The normalized spacial score (nSPS) is 10.8. The van der Waals surface area contributed by atoms with Gasteiger partial charge in [0.1, 0.15) is 5.56 Å². The maximum Gasteiger partial charge on any atom is 0.325 e. The Morgan fingerprint density at radius 2 is 1.95 bits per heavy atom. The molecule has 0 radical (unpaired) electrons. The van der Waals surface area contributed by atoms with E-state index < -0.39 is 22.8 Å². The molecule has 7 heteroatoms. The molecule has 1 aromatic rings. The van der Waals surface area contributed by atoms with Crippen molar-refractivity contribution in [3.8, 4) is 0 Å². The minimum Gasteiger partial charge on any atom is -0.387 e. The topological polar surface area (TPSA) is 115 Å². The molecular weight excluding hydrogens is 262 g/mol. The Bertz CT molecular complexity index is 605. The van der Waals surface area contributed by atoms with Crippen molar-refractivity contribution in [3.05, 3.63) is 57.9 Å². The van der Waals surface area contributed by atoms with Gasteiger partial charge in [0, 0.05) is 12.7 Å². The van der Waals surface area contributed by atoms with E-state index in [-0.39, 0.29) is 24.9 Å². The average Bonchev–Trinajstić information content (AvgIpc) is 2.37. The molecule has 1 rings (SSSR count). The predicted molar refractivity (Wildman–Crippen MR) is 74.6 cm³/mol. The number of carbonyl (C=O) groups is 1. The van der Waals surface area contributed by atoms with Gasteiger partial charge < -0.3 is 15.4 Å². The fraction of sp³-hybridized carbons (Fsp3) is 0.308. The Labute approximate surface area is 115 Å². The number of aromatic nitrogens is 2. The summed E-state index contributed by atoms with van der Waals surface area (Å²) in [4.78, 5) is 38.2. The molecule has 1 heterocycles. The van der Waals surface area contributed by atoms with Crippen molar-refractivity contribution in [3.63, 3.8) is 0 Å². The Morgan fingerprint density at radius 3 is 2.45 bits per heavy atom. The molecule has 1 aromatic heterocycles. The number of aliphatic hydroxyl groups is 1. The number of amides is 1. The third-order valence-corrected chi connectivity index (χ3v) is 2.69. The minimum atomic E-state index is -1.20. The van der Waals surface area contributed by atoms with Crippen LogP contribution < -0.4 is 16.6 Å². The van der Waals surface area contributed by atoms with Crippen LogP contribution in [0.4, 0.5) is 0 Å². The molecular formula is C13H17N3O4. The molecule has 0 aromatic carbocycles. The van der Waals surface area contributed by atoms with Crippen LogP contribution in [0.15, 0.2) is 41.1 Å². The number of nitrogens with one attached hydrogen (secondary N) is 3. The summed E-state index contributed by atoms with van der Waals surface area (Å²) in [5, 5.41) is 12.7. The Balaban J connectivity index is 2.80. The van der Waals surface area contributed by atoms with Gasteiger partial charge in [-0.05, 0) is 12.8 Å². The summed E-state index contributed by atoms with van der Waals surface area (Å²) in [5.74, 6) is -0.686. The molecule has 0 aliphatic rings. The summed E-state index contributed by atoms with van der Waals surface area (Å²) in [6, 6.07) is 0. The van der Waals surface area contributed by atoms with E-state index in [2.05, 4.69) is 23.5 Å². The lowest BCUT2D eigenvalue weighted by Crippen LogP contribution is -2.44. The molecule has 0 unspecified atom stereocenters. The van der Waals surface area contributed by atoms with E-state index in [1.807, 2.05) is 4.98 Å². The Kier molecular flexibility index (Phi) is 5.22. The van der Waals surface area contributed by atoms with Crippen molar-refractivity contribution in [1.82, 2.24) is 15.3 Å². The monoisotopic (exact) mass is 279 g/mol. The van der Waals surface area contributed by atoms with E-state index in [4.69, 9.17) is 0 Å². The fourth-order valence-corrected chi connectivity index (χ4v) is 1.68. The molecule has 0 aliphatic heterocycles. The molecule has 108 valence electrons. The molecule has 0 aliphatic carbocycles. The largest absolute Gasteiger partial charge is 0.387 e. The molecule has 1 amide bonds. The van der Waals surface area contributed by atoms with Crippen molar-refractivity contribution in [2.45, 2.75) is 18.4 Å². The quantitative estimate of drug-likeness (QED) is 0.512. The van der Waals surface area contributed by atoms with Crippen LogP contribution in [0, 0.1) is 0 Å². The van der Waals surface area contributed by atoms with Gasteiger partial charge in [0.05, 0.1) is 5.60 Å². The first-order valence-electron chi connectivity index (χ1n) is 5.96. The van der Waals surface area contributed by atoms with Gasteiger partial charge in [-0.1, -0.05) is 12.2 Å². The van der Waals surface area contributed by atoms with E-state index in [1.54, 1.807) is 0 Å². The van der Waals surface area contributed by atoms with Crippen LogP contribution in [-0.4, -0.2) is 33.1 Å². The number of H-pyrrole nitrogens is 2. The van der Waals surface area contributed by atoms with Crippen LogP contribution in [0.2, 0.25) is 0 Å². The van der Waals surface area contributed by atoms with Crippen LogP contribution in [0.1, 0.15) is 23.2 Å². The predicted octanol–water partition coefficient (Wildman–Crippen LogP) is -0.324. The fourth-order valence-electron chi connectivity index (χ4n) is 1.68. The lowest BCUT2D eigenvalue weighted by molar-refractivity contribution is 0.0437. The molecule has 0 atom stereocenters. The van der Waals surface area contributed by atoms with Crippen LogP contribution in [0.5, 0.6) is 0 Å². The zero-order valence-corrected chi connectivity index (χ0v) is 10.9. The first-order chi connectivity index (χ1) is 9.41. The van der Waals surface area contributed by atoms with Gasteiger partial charge in [-0.3, -0.25) is 14.6 Å². The highest BCUT2D eigenvalue weighted by Crippen LogP contribution is 2.15. The second-order valence-corrected chi connectivity index (χ2v) is 4.38. The van der Waals surface area contributed by atoms with Gasteiger partial charge >= 0.3 is 5.69 Å². The summed E-state index contributed by atoms with van der Waals surface area (Å²) < 4.78 is 0. The summed E-state index contributed by atoms with van der Waals surface area (Å²) in [6.45, 7) is 7.00. The lowest BCUT2D eigenvalue weighted by Gasteiger charge is -2.25. The maximum absolute atomic E-state index is 11.8. The van der Waals surface area contributed by atoms with Crippen molar-refractivity contribution >= 4 is 5.91 Å². The van der Waals surface area contributed by atoms with Gasteiger partial charge in [0.15, 0.2) is 0 Å². The number of hydrogen-bond donors (Lipinski definition) is 4. The zero-order chi connectivity index (χ0) is 15.2. The molecule has 7 nitrogen and oxygen atoms in total. The molecule has 0 spiro atoms. The van der Waals surface area contributed by atoms with Gasteiger partial charge in [-0.2, -0.15) is 0 Å². The van der Waals surface area contributed by atoms with E-state index in [0.29, 0.717) is 0 Å². The number of hydrogen-bond acceptors (Lipinski definition) is 4. The van der Waals surface area contributed by atoms with Crippen molar-refractivity contribution in [1.29, 1.82) is 0 Å². The van der Waals surface area contributed by atoms with Gasteiger partial charge in [-0.15, -0.1) is 13.2 Å². The summed E-state index contributed by atoms with van der Waals surface area (Å²) in [7, 11) is 0. The lowest BCUT2D eigenvalue weighted by atomic mass is 9.95. The molecule has 0 saturated carbocycles. The summed E-state index contributed by atoms with van der Waals surface area (Å²) in [6.07, 6.45) is 4.62. The van der Waals surface area contributed by atoms with E-state index in [9.17, 15) is 19.5 Å². The maximum atomic E-state index is 11.8. The van der Waals surface area contributed by atoms with E-state index >= 15 is 0 Å². The highest BCUT2D eigenvalue weighted by molar-refractivity contribution is 5.93. The second kappa shape index (κ2) is 6.67. The van der Waals surface area contributed by atoms with Crippen molar-refractivity contribution < 1.29 is 9.90 Å². The number of rotatable bonds is 7. The molecule has 20 heavy (non-hydrogen) atoms. The van der Waals surface area contributed by atoms with E-state index in [0.717, 1.165) is 6.20 Å². The first-order valence-corrected chi connectivity index (χ1v) is 5.96. The number of aromatic amines is 2. The first kappa shape index (κ1) is 15.6. The van der Waals surface area contributed by atoms with Crippen molar-refractivity contribution in [2.24, 2.45) is 0 Å². The van der Waals surface area contributed by atoms with Gasteiger partial charge in [0.25, 0.3) is 11.5 Å². The minimum absolute atomic E-state index is 0.0670. The summed E-state index contributed by atoms with van der Waals surface area (Å²) >= 11 is 0. The SMILES string of the molecule is C=CCC(O)(CC=C)CNC(=O)c1c[nH]c(=O)[nH]c1=O. The molecule has 0 bridgehead atoms. The number of carbonyl (C=O) groups excluding carboxylic acids is 1. The Hall–Kier alpha value is -2.41. The second-order valence-electron chi connectivity index (χ2n) is 4.38. The third kappa shape index (κ3) is 4.06. The molecule has 0 saturated heterocycles. The third-order valence-electron chi connectivity index (χ3n) is 2.69. The van der Waals surface area contributed by atoms with Gasteiger partial charge in [0.2, 0.25) is 0 Å². The van der Waals surface area contributed by atoms with Crippen LogP contribution >= 0.6 is 0 Å². The van der Waals surface area contributed by atoms with E-state index in [1.165, 1.54) is 12.2 Å².